The molecule has 0 atom stereocenters. The van der Waals surface area contributed by atoms with Gasteiger partial charge >= 0.3 is 0 Å². The quantitative estimate of drug-likeness (QED) is 0.740. The number of nitrogens with one attached hydrogen (secondary N) is 1. The lowest BCUT2D eigenvalue weighted by Crippen LogP contribution is -2.39. The Balaban J connectivity index is 1.78. The summed E-state index contributed by atoms with van der Waals surface area (Å²) in [6, 6.07) is 5.79. The lowest BCUT2D eigenvalue weighted by Gasteiger charge is -2.30. The van der Waals surface area contributed by atoms with E-state index < -0.39 is 0 Å². The summed E-state index contributed by atoms with van der Waals surface area (Å²) >= 11 is 0. The third-order valence-electron chi connectivity index (χ3n) is 5.46. The Morgan fingerprint density at radius 1 is 1.21 bits per heavy atom. The van der Waals surface area contributed by atoms with Gasteiger partial charge in [0.25, 0.3) is 11.5 Å². The number of amides is 1. The highest BCUT2D eigenvalue weighted by molar-refractivity contribution is 6.04. The molecule has 0 unspecified atom stereocenters. The highest BCUT2D eigenvalue weighted by Gasteiger charge is 2.30. The van der Waals surface area contributed by atoms with Crippen LogP contribution in [0.1, 0.15) is 32.7 Å². The Morgan fingerprint density at radius 2 is 2.00 bits per heavy atom. The number of aromatic nitrogens is 3. The first-order valence-corrected chi connectivity index (χ1v) is 9.56. The zero-order valence-electron chi connectivity index (χ0n) is 17.1. The van der Waals surface area contributed by atoms with Gasteiger partial charge in [0.2, 0.25) is 0 Å². The van der Waals surface area contributed by atoms with Gasteiger partial charge in [-0.05, 0) is 43.5 Å². The Kier molecular flexibility index (Phi) is 4.74. The number of fused-ring (bicyclic) bond motifs is 1. The van der Waals surface area contributed by atoms with Crippen LogP contribution in [0.2, 0.25) is 0 Å². The summed E-state index contributed by atoms with van der Waals surface area (Å²) in [5, 5.41) is 4.25. The summed E-state index contributed by atoms with van der Waals surface area (Å²) in [5.41, 5.74) is 5.39. The second-order valence-electron chi connectivity index (χ2n) is 7.50. The summed E-state index contributed by atoms with van der Waals surface area (Å²) in [7, 11) is 3.44. The number of carbonyl (C=O) groups excluding carboxylic acids is 1. The van der Waals surface area contributed by atoms with Crippen molar-refractivity contribution in [1.82, 2.24) is 19.7 Å². The van der Waals surface area contributed by atoms with E-state index in [1.165, 1.54) is 0 Å². The molecule has 1 aromatic carbocycles. The molecule has 2 aromatic heterocycles. The van der Waals surface area contributed by atoms with Crippen molar-refractivity contribution in [3.05, 3.63) is 68.9 Å². The monoisotopic (exact) mass is 392 g/mol. The maximum absolute atomic E-state index is 13.5. The van der Waals surface area contributed by atoms with Crippen molar-refractivity contribution in [2.24, 2.45) is 7.05 Å². The number of rotatable bonds is 4. The first-order valence-electron chi connectivity index (χ1n) is 9.56. The third kappa shape index (κ3) is 3.33. The van der Waals surface area contributed by atoms with Gasteiger partial charge in [-0.3, -0.25) is 14.3 Å². The minimum Gasteiger partial charge on any atom is -0.496 e. The number of pyridine rings is 1. The minimum absolute atomic E-state index is 0.0941. The van der Waals surface area contributed by atoms with Crippen LogP contribution in [0.3, 0.4) is 0 Å². The largest absolute Gasteiger partial charge is 0.496 e. The van der Waals surface area contributed by atoms with E-state index in [1.54, 1.807) is 22.9 Å². The lowest BCUT2D eigenvalue weighted by atomic mass is 9.90. The molecule has 1 amide bonds. The zero-order chi connectivity index (χ0) is 20.7. The molecule has 0 fully saturated rings. The molecular formula is C22H24N4O3. The smallest absolute Gasteiger partial charge is 0.255 e. The normalized spacial score (nSPS) is 13.5. The fourth-order valence-electron chi connectivity index (χ4n) is 4.02. The maximum Gasteiger partial charge on any atom is 0.255 e. The SMILES string of the molecule is COc1ccc2c(c1-c1cnn(C)c1)C(=O)N(Cc1c(C)cc(C)[nH]c1=O)CC2. The molecule has 0 bridgehead atoms. The van der Waals surface area contributed by atoms with E-state index in [0.29, 0.717) is 23.4 Å². The number of nitrogens with zero attached hydrogens (tertiary/aromatic N) is 3. The van der Waals surface area contributed by atoms with Crippen molar-refractivity contribution >= 4 is 5.91 Å². The van der Waals surface area contributed by atoms with Gasteiger partial charge < -0.3 is 14.6 Å². The predicted octanol–water partition coefficient (Wildman–Crippen LogP) is 2.60. The third-order valence-corrected chi connectivity index (χ3v) is 5.46. The Morgan fingerprint density at radius 3 is 2.66 bits per heavy atom. The molecule has 0 aliphatic carbocycles. The fourth-order valence-corrected chi connectivity index (χ4v) is 4.02. The molecule has 1 aliphatic heterocycles. The van der Waals surface area contributed by atoms with Gasteiger partial charge in [-0.1, -0.05) is 6.07 Å². The van der Waals surface area contributed by atoms with Crippen LogP contribution < -0.4 is 10.3 Å². The number of aromatic amines is 1. The van der Waals surface area contributed by atoms with Crippen LogP contribution in [-0.2, 0) is 20.0 Å². The van der Waals surface area contributed by atoms with Crippen molar-refractivity contribution in [2.75, 3.05) is 13.7 Å². The number of hydrogen-bond donors (Lipinski definition) is 1. The van der Waals surface area contributed by atoms with E-state index in [0.717, 1.165) is 34.4 Å². The molecule has 3 heterocycles. The van der Waals surface area contributed by atoms with Crippen molar-refractivity contribution in [3.8, 4) is 16.9 Å². The second-order valence-corrected chi connectivity index (χ2v) is 7.50. The first kappa shape index (κ1) is 19.0. The molecule has 7 nitrogen and oxygen atoms in total. The minimum atomic E-state index is -0.140. The molecule has 7 heteroatoms. The van der Waals surface area contributed by atoms with Crippen LogP contribution in [0.25, 0.3) is 11.1 Å². The van der Waals surface area contributed by atoms with E-state index in [-0.39, 0.29) is 18.0 Å². The summed E-state index contributed by atoms with van der Waals surface area (Å²) in [5.74, 6) is 0.541. The van der Waals surface area contributed by atoms with E-state index in [4.69, 9.17) is 4.74 Å². The van der Waals surface area contributed by atoms with Crippen molar-refractivity contribution in [2.45, 2.75) is 26.8 Å². The highest BCUT2D eigenvalue weighted by Crippen LogP contribution is 2.38. The number of H-pyrrole nitrogens is 1. The van der Waals surface area contributed by atoms with Gasteiger partial charge in [-0.2, -0.15) is 5.10 Å². The van der Waals surface area contributed by atoms with Gasteiger partial charge in [0.15, 0.2) is 0 Å². The molecule has 1 aliphatic rings. The van der Waals surface area contributed by atoms with Crippen LogP contribution >= 0.6 is 0 Å². The number of benzene rings is 1. The molecule has 150 valence electrons. The Bertz CT molecular complexity index is 1160. The number of hydrogen-bond acceptors (Lipinski definition) is 4. The van der Waals surface area contributed by atoms with Crippen LogP contribution in [0, 0.1) is 13.8 Å². The van der Waals surface area contributed by atoms with Gasteiger partial charge in [-0.25, -0.2) is 0 Å². The van der Waals surface area contributed by atoms with E-state index in [9.17, 15) is 9.59 Å². The lowest BCUT2D eigenvalue weighted by molar-refractivity contribution is 0.0726. The molecule has 29 heavy (non-hydrogen) atoms. The fraction of sp³-hybridized carbons (Fsp3) is 0.318. The van der Waals surface area contributed by atoms with Gasteiger partial charge in [-0.15, -0.1) is 0 Å². The maximum atomic E-state index is 13.5. The Labute approximate surface area is 168 Å². The molecule has 0 radical (unpaired) electrons. The summed E-state index contributed by atoms with van der Waals surface area (Å²) < 4.78 is 7.27. The average molecular weight is 392 g/mol. The molecular weight excluding hydrogens is 368 g/mol. The first-order chi connectivity index (χ1) is 13.9. The molecule has 0 saturated heterocycles. The van der Waals surface area contributed by atoms with Crippen molar-refractivity contribution in [1.29, 1.82) is 0 Å². The van der Waals surface area contributed by atoms with Crippen molar-refractivity contribution in [3.63, 3.8) is 0 Å². The molecule has 1 N–H and O–H groups in total. The highest BCUT2D eigenvalue weighted by atomic mass is 16.5. The number of ether oxygens (including phenoxy) is 1. The summed E-state index contributed by atoms with van der Waals surface area (Å²) in [6.45, 7) is 4.61. The number of carbonyl (C=O) groups is 1. The van der Waals surface area contributed by atoms with Gasteiger partial charge in [0.1, 0.15) is 5.75 Å². The second kappa shape index (κ2) is 7.24. The molecule has 0 saturated carbocycles. The molecule has 3 aromatic rings. The Hall–Kier alpha value is -3.35. The molecule has 4 rings (SSSR count). The van der Waals surface area contributed by atoms with Crippen LogP contribution in [0.4, 0.5) is 0 Å². The van der Waals surface area contributed by atoms with Gasteiger partial charge in [0, 0.05) is 42.2 Å². The summed E-state index contributed by atoms with van der Waals surface area (Å²) in [6.07, 6.45) is 4.33. The molecule has 0 spiro atoms. The summed E-state index contributed by atoms with van der Waals surface area (Å²) in [4.78, 5) is 30.5. The van der Waals surface area contributed by atoms with E-state index in [1.807, 2.05) is 45.3 Å². The van der Waals surface area contributed by atoms with E-state index in [2.05, 4.69) is 10.1 Å². The van der Waals surface area contributed by atoms with Crippen LogP contribution in [0.5, 0.6) is 5.75 Å². The van der Waals surface area contributed by atoms with Crippen molar-refractivity contribution < 1.29 is 9.53 Å². The standard InChI is InChI=1S/C22H24N4O3/c1-13-9-14(2)24-21(27)17(13)12-26-8-7-15-5-6-18(29-4)19(20(15)22(26)28)16-10-23-25(3)11-16/h5-6,9-11H,7-8,12H2,1-4H3,(H,24,27). The van der Waals surface area contributed by atoms with Crippen LogP contribution in [-0.4, -0.2) is 39.2 Å². The predicted molar refractivity (Wildman–Crippen MR) is 110 cm³/mol. The van der Waals surface area contributed by atoms with Crippen LogP contribution in [0.15, 0.2) is 35.4 Å². The zero-order valence-corrected chi connectivity index (χ0v) is 17.1. The topological polar surface area (TPSA) is 80.2 Å². The van der Waals surface area contributed by atoms with E-state index >= 15 is 0 Å². The number of aryl methyl sites for hydroxylation is 3. The number of methoxy groups -OCH3 is 1. The van der Waals surface area contributed by atoms with Gasteiger partial charge in [0.05, 0.1) is 25.4 Å². The average Bonchev–Trinajstić information content (AvgIpc) is 3.11.